The molecule has 0 saturated heterocycles. The van der Waals surface area contributed by atoms with E-state index in [1.54, 1.807) is 0 Å². The normalized spacial score (nSPS) is 12.3. The number of aromatic hydroxyl groups is 1. The maximum Gasteiger partial charge on any atom is 1.00 e. The molecule has 0 atom stereocenters. The average Bonchev–Trinajstić information content (AvgIpc) is 3.16. The minimum atomic E-state index is -5.41. The van der Waals surface area contributed by atoms with Crippen molar-refractivity contribution in [3.63, 3.8) is 0 Å². The van der Waals surface area contributed by atoms with Gasteiger partial charge in [0.1, 0.15) is 21.5 Å². The van der Waals surface area contributed by atoms with Gasteiger partial charge in [-0.1, -0.05) is 6.07 Å². The van der Waals surface area contributed by atoms with Crippen LogP contribution in [0.5, 0.6) is 5.75 Å². The Bertz CT molecular complexity index is 2990. The molecule has 338 valence electrons. The minimum absolute atomic E-state index is 0. The molecule has 0 aliphatic rings. The van der Waals surface area contributed by atoms with Crippen LogP contribution >= 0.6 is 12.0 Å². The van der Waals surface area contributed by atoms with Crippen LogP contribution in [0.25, 0.3) is 10.8 Å². The van der Waals surface area contributed by atoms with Gasteiger partial charge in [-0.2, -0.15) is 14.6 Å². The molecule has 0 fully saturated rings. The topological polar surface area (TPSA) is 416 Å². The van der Waals surface area contributed by atoms with Crippen LogP contribution in [0.3, 0.4) is 0 Å². The van der Waals surface area contributed by atoms with Gasteiger partial charge in [-0.05, 0) is 60.0 Å². The summed E-state index contributed by atoms with van der Waals surface area (Å²) in [6, 6.07) is 11.3. The summed E-state index contributed by atoms with van der Waals surface area (Å²) in [6.07, 6.45) is 0. The summed E-state index contributed by atoms with van der Waals surface area (Å²) in [6.45, 7) is -2.24. The van der Waals surface area contributed by atoms with Gasteiger partial charge in [0.25, 0.3) is 5.91 Å². The number of rotatable bonds is 21. The van der Waals surface area contributed by atoms with Crippen molar-refractivity contribution >= 4 is 108 Å². The Labute approximate surface area is 470 Å². The fourth-order valence-corrected chi connectivity index (χ4v) is 9.10. The molecule has 4 aromatic carbocycles. The molecule has 0 unspecified atom stereocenters. The van der Waals surface area contributed by atoms with Crippen LogP contribution in [0.2, 0.25) is 0 Å². The Morgan fingerprint density at radius 3 is 1.86 bits per heavy atom. The van der Waals surface area contributed by atoms with E-state index >= 15 is 0 Å². The molecule has 0 spiro atoms. The first-order valence-corrected chi connectivity index (χ1v) is 24.6. The monoisotopic (exact) mass is 1080 g/mol. The fraction of sp³-hybridized carbons (Fsp3) is 0.233. The third-order valence-electron chi connectivity index (χ3n) is 7.84. The van der Waals surface area contributed by atoms with E-state index in [0.29, 0.717) is 0 Å². The van der Waals surface area contributed by atoms with Gasteiger partial charge in [0, 0.05) is 19.2 Å². The number of nitrogens with two attached hydrogens (primary N) is 1. The Balaban J connectivity index is 0.0000106. The molecule has 4 aromatic rings. The molecule has 3 N–H and O–H groups in total. The van der Waals surface area contributed by atoms with Gasteiger partial charge >= 0.3 is 118 Å². The van der Waals surface area contributed by atoms with Crippen LogP contribution in [0.15, 0.2) is 95.8 Å². The van der Waals surface area contributed by atoms with Gasteiger partial charge in [-0.3, -0.25) is 18.2 Å². The van der Waals surface area contributed by atoms with E-state index in [0.717, 1.165) is 41.3 Å². The number of carbonyl (C=O) groups excluding carboxylic acids is 1. The number of benzene rings is 4. The molecule has 26 nitrogen and oxygen atoms in total. The van der Waals surface area contributed by atoms with Crippen molar-refractivity contribution in [3.05, 3.63) is 66.2 Å². The number of phenolic OH excluding ortho intramolecular Hbond substituents is 1. The van der Waals surface area contributed by atoms with Gasteiger partial charge in [0.05, 0.1) is 79.6 Å². The number of sulfone groups is 2. The summed E-state index contributed by atoms with van der Waals surface area (Å²) in [5, 5.41) is 40.4. The van der Waals surface area contributed by atoms with Crippen LogP contribution in [0, 0.1) is 0 Å². The van der Waals surface area contributed by atoms with Gasteiger partial charge in [-0.15, -0.1) is 10.2 Å². The van der Waals surface area contributed by atoms with E-state index in [1.165, 1.54) is 31.3 Å². The second-order valence-corrected chi connectivity index (χ2v) is 20.7. The van der Waals surface area contributed by atoms with E-state index < -0.39 is 115 Å². The summed E-state index contributed by atoms with van der Waals surface area (Å²) < 4.78 is 162. The largest absolute Gasteiger partial charge is 1.00 e. The van der Waals surface area contributed by atoms with Crippen molar-refractivity contribution in [2.45, 2.75) is 14.7 Å². The van der Waals surface area contributed by atoms with Crippen molar-refractivity contribution in [2.24, 2.45) is 20.5 Å². The molecule has 0 aliphatic heterocycles. The maximum absolute atomic E-state index is 13.1. The standard InChI is InChI=1S/C30H32N6O20S6.4Na/c1-36(9-12-58(40,41)13-10-53-61(47,48)49)30(38)18-3-2-4-21(15-18)33-34-27-23(57-56-55-39)16-19-17-24(60(44,45)46)28(26(31)25(19)29(27)37)35-32-20-5-7-22(8-6-20)59(42,43)14-11-54-62(50,51)52;;;;/h2-8,15-17,37,39H,9-14,31H2,1H3,(H,44,45,46)(H,47,48,49)(H,50,51,52);;;;/q;4*+1/p-4. The van der Waals surface area contributed by atoms with Crippen molar-refractivity contribution in [2.75, 3.05) is 49.8 Å². The zero-order valence-electron chi connectivity index (χ0n) is 35.0. The summed E-state index contributed by atoms with van der Waals surface area (Å²) in [7, 11) is -22.5. The maximum atomic E-state index is 13.1. The van der Waals surface area contributed by atoms with E-state index in [-0.39, 0.29) is 174 Å². The Hall–Kier alpha value is -0.810. The van der Waals surface area contributed by atoms with E-state index in [9.17, 15) is 70.9 Å². The quantitative estimate of drug-likeness (QED) is 0.0114. The molecule has 66 heavy (non-hydrogen) atoms. The molecule has 0 bridgehead atoms. The molecule has 1 amide bonds. The predicted molar refractivity (Wildman–Crippen MR) is 206 cm³/mol. The number of carbonyl (C=O) groups is 1. The number of anilines is 1. The van der Waals surface area contributed by atoms with Crippen LogP contribution in [0.1, 0.15) is 10.4 Å². The zero-order chi connectivity index (χ0) is 46.3. The molecule has 0 aromatic heterocycles. The van der Waals surface area contributed by atoms with Gasteiger partial charge in [0.2, 0.25) is 20.8 Å². The van der Waals surface area contributed by atoms with Crippen molar-refractivity contribution in [3.8, 4) is 5.75 Å². The number of azo groups is 2. The minimum Gasteiger partial charge on any atom is -0.744 e. The van der Waals surface area contributed by atoms with Gasteiger partial charge in [-0.25, -0.2) is 42.1 Å². The van der Waals surface area contributed by atoms with E-state index in [4.69, 9.17) is 5.73 Å². The molecule has 0 heterocycles. The number of phenols is 1. The summed E-state index contributed by atoms with van der Waals surface area (Å²) in [5.74, 6) is -3.88. The number of hydrogen-bond acceptors (Lipinski definition) is 26. The van der Waals surface area contributed by atoms with E-state index in [1.807, 2.05) is 0 Å². The number of fused-ring (bicyclic) bond motifs is 1. The first-order valence-electron chi connectivity index (χ1n) is 16.4. The SMILES string of the molecule is CN(CCS(=O)(=O)CCOS(=O)(=O)[O-])C(=O)c1cccc(N=Nc2c(SOO[O-])cc3cc(S(=O)(=O)[O-])c(N=Nc4ccc(S(=O)(=O)CCOS(=O)(=O)[O-])cc4)c(N)c3c2O)c1.[Na+].[Na+].[Na+].[Na+]. The Morgan fingerprint density at radius 1 is 0.742 bits per heavy atom. The first-order chi connectivity index (χ1) is 28.7. The van der Waals surface area contributed by atoms with Crippen LogP contribution in [0.4, 0.5) is 28.4 Å². The fourth-order valence-electron chi connectivity index (χ4n) is 4.98. The number of nitrogen functional groups attached to an aromatic ring is 1. The third-order valence-corrected chi connectivity index (χ3v) is 13.5. The molecule has 0 saturated carbocycles. The van der Waals surface area contributed by atoms with Crippen LogP contribution in [-0.4, -0.2) is 116 Å². The average molecular weight is 1080 g/mol. The molecule has 0 radical (unpaired) electrons. The molecule has 0 aliphatic carbocycles. The second-order valence-electron chi connectivity index (χ2n) is 12.1. The van der Waals surface area contributed by atoms with Gasteiger partial charge < -0.3 is 34.7 Å². The third kappa shape index (κ3) is 19.8. The zero-order valence-corrected chi connectivity index (χ0v) is 47.9. The van der Waals surface area contributed by atoms with Crippen molar-refractivity contribution in [1.82, 2.24) is 4.90 Å². The number of nitrogens with zero attached hydrogens (tertiary/aromatic N) is 5. The van der Waals surface area contributed by atoms with Gasteiger partial charge in [0.15, 0.2) is 25.4 Å². The molecule has 36 heteroatoms. The first kappa shape index (κ1) is 65.2. The number of hydrogen-bond donors (Lipinski definition) is 2. The van der Waals surface area contributed by atoms with E-state index in [2.05, 4.69) is 38.2 Å². The summed E-state index contributed by atoms with van der Waals surface area (Å²) >= 11 is 0.163. The van der Waals surface area contributed by atoms with Crippen molar-refractivity contribution in [1.29, 1.82) is 0 Å². The smallest absolute Gasteiger partial charge is 0.744 e. The van der Waals surface area contributed by atoms with Crippen molar-refractivity contribution < 1.29 is 207 Å². The molecule has 4 rings (SSSR count). The Kier molecular flexibility index (Phi) is 27.4. The predicted octanol–water partition coefficient (Wildman–Crippen LogP) is -10.7. The Morgan fingerprint density at radius 2 is 1.30 bits per heavy atom. The summed E-state index contributed by atoms with van der Waals surface area (Å²) in [4.78, 5) is 12.4. The van der Waals surface area contributed by atoms with Crippen LogP contribution in [-0.2, 0) is 68.3 Å². The van der Waals surface area contributed by atoms with Crippen LogP contribution < -0.4 is 129 Å². The second kappa shape index (κ2) is 27.7. The molecular formula is C30H28N6Na4O20S6. The molecular weight excluding hydrogens is 1050 g/mol. The summed E-state index contributed by atoms with van der Waals surface area (Å²) in [5.41, 5.74) is 4.12. The number of amides is 1.